The lowest BCUT2D eigenvalue weighted by Gasteiger charge is -2.11. The number of carbonyl (C=O) groups is 3. The summed E-state index contributed by atoms with van der Waals surface area (Å²) in [5, 5.41) is 10.4. The maximum absolute atomic E-state index is 13.4. The Kier molecular flexibility index (Phi) is 41.3. The molecule has 4 aromatic carbocycles. The van der Waals surface area contributed by atoms with Gasteiger partial charge < -0.3 is 44.4 Å². The van der Waals surface area contributed by atoms with E-state index in [9.17, 15) is 14.4 Å². The molecule has 3 N–H and O–H groups in total. The van der Waals surface area contributed by atoms with Gasteiger partial charge >= 0.3 is 17.9 Å². The minimum Gasteiger partial charge on any atom is -0.494 e. The summed E-state index contributed by atoms with van der Waals surface area (Å²) in [6, 6.07) is 29.7. The van der Waals surface area contributed by atoms with Crippen molar-refractivity contribution < 1.29 is 42.8 Å². The minimum atomic E-state index is -0.566. The predicted molar refractivity (Wildman–Crippen MR) is 344 cm³/mol. The lowest BCUT2D eigenvalue weighted by Crippen LogP contribution is -2.14. The van der Waals surface area contributed by atoms with E-state index in [1.807, 2.05) is 0 Å². The van der Waals surface area contributed by atoms with E-state index in [0.717, 1.165) is 192 Å². The zero-order valence-electron chi connectivity index (χ0n) is 52.5. The molecule has 0 saturated heterocycles. The van der Waals surface area contributed by atoms with Crippen molar-refractivity contribution >= 4 is 17.9 Å². The molecule has 84 heavy (non-hydrogen) atoms. The summed E-state index contributed by atoms with van der Waals surface area (Å²) in [4.78, 5) is 40.2. The summed E-state index contributed by atoms with van der Waals surface area (Å²) in [6.07, 6.45) is 32.4. The van der Waals surface area contributed by atoms with Crippen molar-refractivity contribution in [3.8, 4) is 17.2 Å². The van der Waals surface area contributed by atoms with Gasteiger partial charge in [0.05, 0.1) is 56.3 Å². The Balaban J connectivity index is 1.09. The third-order valence-corrected chi connectivity index (χ3v) is 15.1. The second-order valence-electron chi connectivity index (χ2n) is 22.8. The lowest BCUT2D eigenvalue weighted by molar-refractivity contribution is 0.0494. The Morgan fingerprint density at radius 2 is 0.500 bits per heavy atom. The second-order valence-corrected chi connectivity index (χ2v) is 22.8. The van der Waals surface area contributed by atoms with Gasteiger partial charge in [-0.2, -0.15) is 0 Å². The fourth-order valence-electron chi connectivity index (χ4n) is 9.80. The molecule has 0 spiro atoms. The summed E-state index contributed by atoms with van der Waals surface area (Å²) in [7, 11) is 0. The number of rotatable bonds is 54. The third kappa shape index (κ3) is 35.1. The van der Waals surface area contributed by atoms with Gasteiger partial charge in [0, 0.05) is 19.6 Å². The highest BCUT2D eigenvalue weighted by Crippen LogP contribution is 2.20. The van der Waals surface area contributed by atoms with Gasteiger partial charge in [-0.15, -0.1) is 0 Å². The van der Waals surface area contributed by atoms with Gasteiger partial charge in [-0.05, 0) is 149 Å². The molecular weight excluding hydrogens is 1050 g/mol. The van der Waals surface area contributed by atoms with Crippen molar-refractivity contribution in [3.63, 3.8) is 0 Å². The van der Waals surface area contributed by atoms with Crippen molar-refractivity contribution in [3.05, 3.63) is 124 Å². The fourth-order valence-corrected chi connectivity index (χ4v) is 9.80. The van der Waals surface area contributed by atoms with E-state index >= 15 is 0 Å². The van der Waals surface area contributed by atoms with E-state index < -0.39 is 17.9 Å². The van der Waals surface area contributed by atoms with Gasteiger partial charge in [-0.3, -0.25) is 0 Å². The van der Waals surface area contributed by atoms with Crippen LogP contribution in [-0.2, 0) is 33.8 Å². The highest BCUT2D eigenvalue weighted by atomic mass is 16.5. The zero-order chi connectivity index (χ0) is 59.6. The first-order valence-electron chi connectivity index (χ1n) is 33.3. The van der Waals surface area contributed by atoms with E-state index in [-0.39, 0.29) is 36.5 Å². The molecular formula is C72H111N3O9. The Morgan fingerprint density at radius 1 is 0.286 bits per heavy atom. The molecule has 0 saturated carbocycles. The van der Waals surface area contributed by atoms with Gasteiger partial charge in [-0.25, -0.2) is 14.4 Å². The fraction of sp³-hybridized carbons (Fsp3) is 0.625. The first-order chi connectivity index (χ1) is 41.4. The summed E-state index contributed by atoms with van der Waals surface area (Å²) < 4.78 is 35.0. The van der Waals surface area contributed by atoms with Gasteiger partial charge in [-0.1, -0.05) is 192 Å². The quantitative estimate of drug-likeness (QED) is 0.0220. The van der Waals surface area contributed by atoms with Crippen molar-refractivity contribution in [1.82, 2.24) is 16.0 Å². The number of benzene rings is 4. The van der Waals surface area contributed by atoms with Crippen molar-refractivity contribution in [1.29, 1.82) is 0 Å². The lowest BCUT2D eigenvalue weighted by atomic mass is 10.1. The van der Waals surface area contributed by atoms with Crippen LogP contribution in [0.3, 0.4) is 0 Å². The average Bonchev–Trinajstić information content (AvgIpc) is 3.72. The standard InChI is InChI=1S/C72H111N3O9/c1-4-7-46-73-58-61-34-40-67(41-35-61)79-49-28-22-16-10-13-19-25-31-52-82-70(76)64-55-65(71(77)83-53-32-26-20-14-11-17-23-29-50-80-68-42-36-62(37-43-68)59-74-47-8-5-2)57-66(56-64)72(78)84-54-33-27-21-15-12-18-24-30-51-81-69-44-38-63(39-45-69)60-75-48-9-6-3/h34-45,55-57,73-75H,4-33,46-54,58-60H2,1-3H3. The van der Waals surface area contributed by atoms with Crippen LogP contribution in [0.2, 0.25) is 0 Å². The van der Waals surface area contributed by atoms with Crippen molar-refractivity contribution in [2.75, 3.05) is 59.3 Å². The molecule has 0 amide bonds. The van der Waals surface area contributed by atoms with Gasteiger partial charge in [0.1, 0.15) is 17.2 Å². The van der Waals surface area contributed by atoms with Gasteiger partial charge in [0.2, 0.25) is 0 Å². The smallest absolute Gasteiger partial charge is 0.338 e. The number of esters is 3. The minimum absolute atomic E-state index is 0.144. The number of hydrogen-bond acceptors (Lipinski definition) is 12. The molecule has 12 heteroatoms. The third-order valence-electron chi connectivity index (χ3n) is 15.1. The van der Waals surface area contributed by atoms with Crippen LogP contribution in [0.5, 0.6) is 17.2 Å². The first-order valence-corrected chi connectivity index (χ1v) is 33.3. The number of carbonyl (C=O) groups excluding carboxylic acids is 3. The summed E-state index contributed by atoms with van der Waals surface area (Å²) in [5.74, 6) is 1.09. The van der Waals surface area contributed by atoms with E-state index in [4.69, 9.17) is 28.4 Å². The highest BCUT2D eigenvalue weighted by Gasteiger charge is 2.19. The van der Waals surface area contributed by atoms with E-state index in [0.29, 0.717) is 0 Å². The molecule has 468 valence electrons. The van der Waals surface area contributed by atoms with Crippen molar-refractivity contribution in [2.24, 2.45) is 0 Å². The number of nitrogens with one attached hydrogen (secondary N) is 3. The molecule has 0 bridgehead atoms. The SMILES string of the molecule is CCCCNCc1ccc(OCCCCCCCCCCOC(=O)c2cc(C(=O)OCCCCCCCCCCOc3ccc(CNCCCC)cc3)cc(C(=O)OCCCCCCCCCCOc3ccc(CNCCCC)cc3)c2)cc1. The average molecular weight is 1160 g/mol. The van der Waals surface area contributed by atoms with Gasteiger partial charge in [0.15, 0.2) is 0 Å². The molecule has 4 aromatic rings. The Labute approximate surface area is 508 Å². The van der Waals surface area contributed by atoms with Crippen LogP contribution in [-0.4, -0.2) is 77.2 Å². The van der Waals surface area contributed by atoms with Crippen LogP contribution < -0.4 is 30.2 Å². The Morgan fingerprint density at radius 3 is 0.726 bits per heavy atom. The first kappa shape index (κ1) is 71.1. The van der Waals surface area contributed by atoms with Crippen LogP contribution >= 0.6 is 0 Å². The second kappa shape index (κ2) is 48.8. The molecule has 12 nitrogen and oxygen atoms in total. The summed E-state index contributed by atoms with van der Waals surface area (Å²) in [6.45, 7) is 15.4. The Bertz CT molecular complexity index is 1990. The monoisotopic (exact) mass is 1160 g/mol. The molecule has 0 aliphatic heterocycles. The molecule has 0 fully saturated rings. The number of unbranched alkanes of at least 4 members (excludes halogenated alkanes) is 24. The maximum atomic E-state index is 13.4. The van der Waals surface area contributed by atoms with Crippen LogP contribution in [0.25, 0.3) is 0 Å². The normalized spacial score (nSPS) is 11.2. The van der Waals surface area contributed by atoms with Crippen molar-refractivity contribution in [2.45, 2.75) is 233 Å². The molecule has 0 aromatic heterocycles. The molecule has 4 rings (SSSR count). The highest BCUT2D eigenvalue weighted by molar-refractivity contribution is 6.00. The van der Waals surface area contributed by atoms with Crippen LogP contribution in [0.15, 0.2) is 91.0 Å². The zero-order valence-corrected chi connectivity index (χ0v) is 52.5. The van der Waals surface area contributed by atoms with Crippen LogP contribution in [0, 0.1) is 0 Å². The summed E-state index contributed by atoms with van der Waals surface area (Å²) >= 11 is 0. The number of ether oxygens (including phenoxy) is 6. The predicted octanol–water partition coefficient (Wildman–Crippen LogP) is 17.4. The van der Waals surface area contributed by atoms with E-state index in [1.54, 1.807) is 0 Å². The molecule has 0 heterocycles. The van der Waals surface area contributed by atoms with E-state index in [2.05, 4.69) is 110 Å². The molecule has 0 unspecified atom stereocenters. The topological polar surface area (TPSA) is 143 Å². The Hall–Kier alpha value is -5.43. The largest absolute Gasteiger partial charge is 0.494 e. The molecule has 0 radical (unpaired) electrons. The molecule has 0 atom stereocenters. The molecule has 0 aliphatic carbocycles. The molecule has 0 aliphatic rings. The maximum Gasteiger partial charge on any atom is 0.338 e. The van der Waals surface area contributed by atoms with Crippen LogP contribution in [0.4, 0.5) is 0 Å². The van der Waals surface area contributed by atoms with Crippen LogP contribution in [0.1, 0.15) is 261 Å². The van der Waals surface area contributed by atoms with Gasteiger partial charge in [0.25, 0.3) is 0 Å². The summed E-state index contributed by atoms with van der Waals surface area (Å²) in [5.41, 5.74) is 4.27. The number of hydrogen-bond donors (Lipinski definition) is 3. The van der Waals surface area contributed by atoms with E-state index in [1.165, 1.54) is 112 Å².